The van der Waals surface area contributed by atoms with Gasteiger partial charge in [-0.3, -0.25) is 0 Å². The minimum absolute atomic E-state index is 0.211. The van der Waals surface area contributed by atoms with Crippen molar-refractivity contribution >= 4 is 21.9 Å². The zero-order chi connectivity index (χ0) is 12.8. The number of rotatable bonds is 3. The summed E-state index contributed by atoms with van der Waals surface area (Å²) in [6.45, 7) is 1.63. The van der Waals surface area contributed by atoms with Crippen LogP contribution < -0.4 is 4.74 Å². The first kappa shape index (κ1) is 13.3. The summed E-state index contributed by atoms with van der Waals surface area (Å²) in [5.74, 6) is 0.341. The van der Waals surface area contributed by atoms with Crippen LogP contribution in [0.2, 0.25) is 0 Å². The fourth-order valence-electron chi connectivity index (χ4n) is 1.08. The summed E-state index contributed by atoms with van der Waals surface area (Å²) in [5.41, 5.74) is 0.490. The number of hydrogen-bond acceptors (Lipinski definition) is 4. The van der Waals surface area contributed by atoms with Gasteiger partial charge in [-0.15, -0.1) is 0 Å². The molecule has 1 aromatic rings. The fraction of sp³-hybridized carbons (Fsp3) is 0.167. The number of benzene rings is 1. The van der Waals surface area contributed by atoms with Crippen molar-refractivity contribution in [3.05, 3.63) is 40.1 Å². The first-order chi connectivity index (χ1) is 8.08. The number of halogens is 1. The van der Waals surface area contributed by atoms with Crippen LogP contribution in [0.25, 0.3) is 0 Å². The van der Waals surface area contributed by atoms with Gasteiger partial charge >= 0.3 is 5.97 Å². The summed E-state index contributed by atoms with van der Waals surface area (Å²) in [7, 11) is 1.28. The van der Waals surface area contributed by atoms with Crippen molar-refractivity contribution in [2.45, 2.75) is 6.92 Å². The molecule has 0 bridgehead atoms. The van der Waals surface area contributed by atoms with Crippen LogP contribution in [0.3, 0.4) is 0 Å². The molecule has 1 aromatic carbocycles. The smallest absolute Gasteiger partial charge is 0.348 e. The van der Waals surface area contributed by atoms with Gasteiger partial charge in [-0.05, 0) is 41.1 Å². The normalized spacial score (nSPS) is 11.2. The molecular formula is C12H10BrNO3. The third-order valence-electron chi connectivity index (χ3n) is 1.91. The number of nitriles is 1. The van der Waals surface area contributed by atoms with Gasteiger partial charge in [0.15, 0.2) is 0 Å². The second kappa shape index (κ2) is 6.06. The third-order valence-corrected chi connectivity index (χ3v) is 2.79. The Kier molecular flexibility index (Phi) is 4.73. The van der Waals surface area contributed by atoms with Crippen LogP contribution in [0.15, 0.2) is 34.5 Å². The van der Waals surface area contributed by atoms with E-state index in [1.165, 1.54) is 7.11 Å². The highest BCUT2D eigenvalue weighted by Gasteiger charge is 2.11. The van der Waals surface area contributed by atoms with E-state index >= 15 is 0 Å². The van der Waals surface area contributed by atoms with E-state index in [0.29, 0.717) is 17.1 Å². The zero-order valence-electron chi connectivity index (χ0n) is 9.36. The largest absolute Gasteiger partial charge is 0.465 e. The molecule has 0 spiro atoms. The SMILES string of the molecule is COC(=O)C(Br)=C(C)Oc1cccc(C#N)c1. The van der Waals surface area contributed by atoms with E-state index in [4.69, 9.17) is 10.00 Å². The predicted octanol–water partition coefficient (Wildman–Crippen LogP) is 2.74. The molecule has 17 heavy (non-hydrogen) atoms. The Labute approximate surface area is 108 Å². The molecule has 0 N–H and O–H groups in total. The molecule has 1 rings (SSSR count). The summed E-state index contributed by atoms with van der Waals surface area (Å²) in [5, 5.41) is 8.73. The van der Waals surface area contributed by atoms with Crippen molar-refractivity contribution in [1.82, 2.24) is 0 Å². The molecule has 4 nitrogen and oxygen atoms in total. The van der Waals surface area contributed by atoms with Crippen molar-refractivity contribution in [1.29, 1.82) is 5.26 Å². The van der Waals surface area contributed by atoms with Crippen LogP contribution in [0.4, 0.5) is 0 Å². The molecule has 0 aliphatic carbocycles. The molecule has 0 aliphatic rings. The van der Waals surface area contributed by atoms with Crippen LogP contribution in [0.1, 0.15) is 12.5 Å². The van der Waals surface area contributed by atoms with Crippen LogP contribution >= 0.6 is 15.9 Å². The molecule has 0 heterocycles. The van der Waals surface area contributed by atoms with Crippen molar-refractivity contribution in [2.24, 2.45) is 0 Å². The van der Waals surface area contributed by atoms with Crippen molar-refractivity contribution in [3.8, 4) is 11.8 Å². The summed E-state index contributed by atoms with van der Waals surface area (Å²) in [6.07, 6.45) is 0. The molecule has 0 saturated carbocycles. The lowest BCUT2D eigenvalue weighted by Gasteiger charge is -2.07. The monoisotopic (exact) mass is 295 g/mol. The topological polar surface area (TPSA) is 59.3 Å². The number of nitrogens with zero attached hydrogens (tertiary/aromatic N) is 1. The van der Waals surface area contributed by atoms with Crippen LogP contribution in [-0.2, 0) is 9.53 Å². The lowest BCUT2D eigenvalue weighted by atomic mass is 10.2. The third kappa shape index (κ3) is 3.61. The van der Waals surface area contributed by atoms with E-state index < -0.39 is 5.97 Å². The molecule has 5 heteroatoms. The number of carbonyl (C=O) groups is 1. The van der Waals surface area contributed by atoms with Gasteiger partial charge in [0.1, 0.15) is 16.0 Å². The van der Waals surface area contributed by atoms with Crippen LogP contribution in [0, 0.1) is 11.3 Å². The van der Waals surface area contributed by atoms with E-state index in [1.54, 1.807) is 31.2 Å². The molecule has 0 fully saturated rings. The summed E-state index contributed by atoms with van der Waals surface area (Å²) < 4.78 is 10.2. The summed E-state index contributed by atoms with van der Waals surface area (Å²) in [6, 6.07) is 8.65. The quantitative estimate of drug-likeness (QED) is 0.489. The van der Waals surface area contributed by atoms with Crippen molar-refractivity contribution < 1.29 is 14.3 Å². The Morgan fingerprint density at radius 3 is 2.76 bits per heavy atom. The van der Waals surface area contributed by atoms with Gasteiger partial charge in [0.2, 0.25) is 0 Å². The minimum atomic E-state index is -0.515. The highest BCUT2D eigenvalue weighted by Crippen LogP contribution is 2.20. The van der Waals surface area contributed by atoms with E-state index in [1.807, 2.05) is 6.07 Å². The van der Waals surface area contributed by atoms with Gasteiger partial charge in [-0.25, -0.2) is 4.79 Å². The second-order valence-corrected chi connectivity index (χ2v) is 3.90. The Morgan fingerprint density at radius 1 is 1.47 bits per heavy atom. The number of allylic oxidation sites excluding steroid dienone is 1. The van der Waals surface area contributed by atoms with E-state index in [0.717, 1.165) is 0 Å². The maximum absolute atomic E-state index is 11.2. The molecule has 0 radical (unpaired) electrons. The van der Waals surface area contributed by atoms with Crippen LogP contribution in [0.5, 0.6) is 5.75 Å². The Bertz CT molecular complexity index is 503. The first-order valence-corrected chi connectivity index (χ1v) is 5.50. The molecule has 0 amide bonds. The molecule has 0 saturated heterocycles. The number of methoxy groups -OCH3 is 1. The highest BCUT2D eigenvalue weighted by molar-refractivity contribution is 9.12. The fourth-order valence-corrected chi connectivity index (χ4v) is 1.33. The average molecular weight is 296 g/mol. The van der Waals surface area contributed by atoms with Gasteiger partial charge in [-0.2, -0.15) is 5.26 Å². The van der Waals surface area contributed by atoms with E-state index in [9.17, 15) is 4.79 Å². The van der Waals surface area contributed by atoms with E-state index in [2.05, 4.69) is 20.7 Å². The standard InChI is InChI=1S/C12H10BrNO3/c1-8(11(13)12(15)16-2)17-10-5-3-4-9(6-10)7-14/h3-6H,1-2H3. The lowest BCUT2D eigenvalue weighted by Crippen LogP contribution is -2.05. The second-order valence-electron chi connectivity index (χ2n) is 3.10. The molecule has 0 aromatic heterocycles. The zero-order valence-corrected chi connectivity index (χ0v) is 10.9. The molecule has 0 unspecified atom stereocenters. The Balaban J connectivity index is 2.91. The average Bonchev–Trinajstić information content (AvgIpc) is 2.37. The van der Waals surface area contributed by atoms with Gasteiger partial charge < -0.3 is 9.47 Å². The predicted molar refractivity (Wildman–Crippen MR) is 65.4 cm³/mol. The Morgan fingerprint density at radius 2 is 2.18 bits per heavy atom. The molecule has 0 aliphatic heterocycles. The Hall–Kier alpha value is -1.80. The van der Waals surface area contributed by atoms with Gasteiger partial charge in [0, 0.05) is 0 Å². The summed E-state index contributed by atoms with van der Waals surface area (Å²) >= 11 is 3.08. The lowest BCUT2D eigenvalue weighted by molar-refractivity contribution is -0.135. The molecule has 0 atom stereocenters. The first-order valence-electron chi connectivity index (χ1n) is 4.71. The van der Waals surface area contributed by atoms with Gasteiger partial charge in [0.25, 0.3) is 0 Å². The van der Waals surface area contributed by atoms with Gasteiger partial charge in [0.05, 0.1) is 18.7 Å². The van der Waals surface area contributed by atoms with E-state index in [-0.39, 0.29) is 4.48 Å². The number of ether oxygens (including phenoxy) is 2. The van der Waals surface area contributed by atoms with Crippen molar-refractivity contribution in [3.63, 3.8) is 0 Å². The van der Waals surface area contributed by atoms with Crippen LogP contribution in [-0.4, -0.2) is 13.1 Å². The maximum Gasteiger partial charge on any atom is 0.348 e. The highest BCUT2D eigenvalue weighted by atomic mass is 79.9. The molecule has 88 valence electrons. The molecular weight excluding hydrogens is 286 g/mol. The number of esters is 1. The van der Waals surface area contributed by atoms with Gasteiger partial charge in [-0.1, -0.05) is 6.07 Å². The number of carbonyl (C=O) groups excluding carboxylic acids is 1. The maximum atomic E-state index is 11.2. The summed E-state index contributed by atoms with van der Waals surface area (Å²) in [4.78, 5) is 11.2. The number of hydrogen-bond donors (Lipinski definition) is 0. The van der Waals surface area contributed by atoms with Crippen molar-refractivity contribution in [2.75, 3.05) is 7.11 Å². The minimum Gasteiger partial charge on any atom is -0.465 e.